The zero-order valence-electron chi connectivity index (χ0n) is 16.8. The lowest BCUT2D eigenvalue weighted by atomic mass is 10.0. The molecule has 2 saturated heterocycles. The van der Waals surface area contributed by atoms with Crippen molar-refractivity contribution in [2.45, 2.75) is 25.2 Å². The molecule has 3 heterocycles. The number of piperidine rings is 1. The van der Waals surface area contributed by atoms with E-state index in [-0.39, 0.29) is 16.4 Å². The maximum Gasteiger partial charge on any atom is 0.338 e. The number of benzene rings is 2. The molecule has 2 fully saturated rings. The van der Waals surface area contributed by atoms with Gasteiger partial charge in [-0.2, -0.15) is 0 Å². The van der Waals surface area contributed by atoms with E-state index in [0.29, 0.717) is 29.8 Å². The van der Waals surface area contributed by atoms with Crippen molar-refractivity contribution in [3.8, 4) is 0 Å². The van der Waals surface area contributed by atoms with Crippen LogP contribution in [0.1, 0.15) is 28.8 Å². The van der Waals surface area contributed by atoms with E-state index in [1.807, 2.05) is 18.2 Å². The SMILES string of the molecule is COC(=O)c1cccc2oc3ccc(CN4CCC5(CC4)OCCO5)cc3c(=O)c12. The molecule has 1 spiro atoms. The summed E-state index contributed by atoms with van der Waals surface area (Å²) in [6, 6.07) is 10.6. The van der Waals surface area contributed by atoms with Crippen molar-refractivity contribution in [1.82, 2.24) is 4.90 Å². The van der Waals surface area contributed by atoms with Crippen LogP contribution in [-0.2, 0) is 20.8 Å². The van der Waals surface area contributed by atoms with Gasteiger partial charge in [-0.3, -0.25) is 9.69 Å². The van der Waals surface area contributed by atoms with Gasteiger partial charge in [0, 0.05) is 32.5 Å². The Kier molecular flexibility index (Phi) is 4.81. The summed E-state index contributed by atoms with van der Waals surface area (Å²) in [7, 11) is 1.30. The molecule has 0 unspecified atom stereocenters. The van der Waals surface area contributed by atoms with Crippen LogP contribution in [0.4, 0.5) is 0 Å². The average Bonchev–Trinajstić information content (AvgIpc) is 3.23. The van der Waals surface area contributed by atoms with E-state index in [1.165, 1.54) is 7.11 Å². The van der Waals surface area contributed by atoms with Gasteiger partial charge in [-0.05, 0) is 29.8 Å². The van der Waals surface area contributed by atoms with Gasteiger partial charge in [-0.25, -0.2) is 4.79 Å². The minimum absolute atomic E-state index is 0.217. The van der Waals surface area contributed by atoms with E-state index in [9.17, 15) is 9.59 Å². The zero-order chi connectivity index (χ0) is 20.7. The number of fused-ring (bicyclic) bond motifs is 2. The minimum atomic E-state index is -0.554. The van der Waals surface area contributed by atoms with E-state index in [4.69, 9.17) is 18.6 Å². The largest absolute Gasteiger partial charge is 0.465 e. The fourth-order valence-corrected chi connectivity index (χ4v) is 4.42. The van der Waals surface area contributed by atoms with Gasteiger partial charge in [-0.15, -0.1) is 0 Å². The number of hydrogen-bond donors (Lipinski definition) is 0. The Morgan fingerprint density at radius 3 is 2.60 bits per heavy atom. The van der Waals surface area contributed by atoms with Crippen molar-refractivity contribution in [2.24, 2.45) is 0 Å². The third-order valence-electron chi connectivity index (χ3n) is 6.00. The number of carbonyl (C=O) groups is 1. The first kappa shape index (κ1) is 19.2. The predicted molar refractivity (Wildman–Crippen MR) is 110 cm³/mol. The van der Waals surface area contributed by atoms with Gasteiger partial charge in [0.25, 0.3) is 0 Å². The highest BCUT2D eigenvalue weighted by Crippen LogP contribution is 2.32. The second-order valence-corrected chi connectivity index (χ2v) is 7.82. The lowest BCUT2D eigenvalue weighted by Crippen LogP contribution is -2.44. The van der Waals surface area contributed by atoms with E-state index in [2.05, 4.69) is 4.90 Å². The van der Waals surface area contributed by atoms with E-state index >= 15 is 0 Å². The number of nitrogens with zero attached hydrogens (tertiary/aromatic N) is 1. The van der Waals surface area contributed by atoms with Crippen LogP contribution < -0.4 is 5.43 Å². The second-order valence-electron chi connectivity index (χ2n) is 7.82. The summed E-state index contributed by atoms with van der Waals surface area (Å²) in [5.74, 6) is -0.952. The van der Waals surface area contributed by atoms with Gasteiger partial charge in [0.1, 0.15) is 11.2 Å². The van der Waals surface area contributed by atoms with Gasteiger partial charge in [0.2, 0.25) is 5.43 Å². The molecule has 30 heavy (non-hydrogen) atoms. The van der Waals surface area contributed by atoms with Gasteiger partial charge in [0.15, 0.2) is 5.79 Å². The molecule has 0 saturated carbocycles. The number of carbonyl (C=O) groups excluding carboxylic acids is 1. The first-order valence-electron chi connectivity index (χ1n) is 10.2. The Balaban J connectivity index is 1.46. The average molecular weight is 409 g/mol. The van der Waals surface area contributed by atoms with Crippen LogP contribution in [0.5, 0.6) is 0 Å². The smallest absolute Gasteiger partial charge is 0.338 e. The van der Waals surface area contributed by atoms with Gasteiger partial charge in [0.05, 0.1) is 36.7 Å². The third kappa shape index (κ3) is 3.29. The number of likely N-dealkylation sites (tertiary alicyclic amines) is 1. The Hall–Kier alpha value is -2.74. The molecular formula is C23H23NO6. The highest BCUT2D eigenvalue weighted by Gasteiger charge is 2.39. The van der Waals surface area contributed by atoms with Crippen molar-refractivity contribution in [3.05, 3.63) is 57.7 Å². The molecular weight excluding hydrogens is 386 g/mol. The molecule has 0 aliphatic carbocycles. The van der Waals surface area contributed by atoms with E-state index < -0.39 is 11.8 Å². The summed E-state index contributed by atoms with van der Waals surface area (Å²) in [5, 5.41) is 0.719. The first-order chi connectivity index (χ1) is 14.6. The van der Waals surface area contributed by atoms with Crippen LogP contribution in [0.2, 0.25) is 0 Å². The molecule has 0 atom stereocenters. The summed E-state index contributed by atoms with van der Waals surface area (Å²) in [5.41, 5.74) is 1.90. The van der Waals surface area contributed by atoms with Crippen molar-refractivity contribution in [3.63, 3.8) is 0 Å². The Labute approximate surface area is 173 Å². The number of methoxy groups -OCH3 is 1. The van der Waals surface area contributed by atoms with Crippen molar-refractivity contribution in [2.75, 3.05) is 33.4 Å². The normalized spacial score (nSPS) is 19.0. The molecule has 2 aliphatic heterocycles. The van der Waals surface area contributed by atoms with E-state index in [1.54, 1.807) is 18.2 Å². The fraction of sp³-hybridized carbons (Fsp3) is 0.391. The maximum absolute atomic E-state index is 13.2. The molecule has 7 heteroatoms. The molecule has 0 N–H and O–H groups in total. The van der Waals surface area contributed by atoms with Crippen LogP contribution in [0.25, 0.3) is 21.9 Å². The summed E-state index contributed by atoms with van der Waals surface area (Å²) in [6.45, 7) is 3.81. The van der Waals surface area contributed by atoms with Crippen LogP contribution in [0, 0.1) is 0 Å². The molecule has 156 valence electrons. The molecule has 1 aromatic heterocycles. The Morgan fingerprint density at radius 1 is 1.10 bits per heavy atom. The first-order valence-corrected chi connectivity index (χ1v) is 10.2. The van der Waals surface area contributed by atoms with Crippen LogP contribution in [0.15, 0.2) is 45.6 Å². The molecule has 0 amide bonds. The van der Waals surface area contributed by atoms with Gasteiger partial charge < -0.3 is 18.6 Å². The van der Waals surface area contributed by atoms with Crippen molar-refractivity contribution >= 4 is 27.9 Å². The Bertz CT molecular complexity index is 1170. The summed E-state index contributed by atoms with van der Waals surface area (Å²) < 4.78 is 22.3. The number of ether oxygens (including phenoxy) is 3. The van der Waals surface area contributed by atoms with Crippen LogP contribution >= 0.6 is 0 Å². The molecule has 2 aromatic carbocycles. The zero-order valence-corrected chi connectivity index (χ0v) is 16.8. The Morgan fingerprint density at radius 2 is 1.87 bits per heavy atom. The predicted octanol–water partition coefficient (Wildman–Crippen LogP) is 3.07. The summed E-state index contributed by atoms with van der Waals surface area (Å²) >= 11 is 0. The molecule has 2 aliphatic rings. The van der Waals surface area contributed by atoms with Crippen LogP contribution in [0.3, 0.4) is 0 Å². The lowest BCUT2D eigenvalue weighted by molar-refractivity contribution is -0.185. The second kappa shape index (κ2) is 7.50. The molecule has 0 radical (unpaired) electrons. The lowest BCUT2D eigenvalue weighted by Gasteiger charge is -2.37. The summed E-state index contributed by atoms with van der Waals surface area (Å²) in [4.78, 5) is 27.7. The topological polar surface area (TPSA) is 78.2 Å². The fourth-order valence-electron chi connectivity index (χ4n) is 4.42. The van der Waals surface area contributed by atoms with Gasteiger partial charge in [-0.1, -0.05) is 12.1 Å². The highest BCUT2D eigenvalue weighted by molar-refractivity contribution is 6.05. The number of hydrogen-bond acceptors (Lipinski definition) is 7. The maximum atomic E-state index is 13.2. The number of esters is 1. The van der Waals surface area contributed by atoms with Crippen molar-refractivity contribution < 1.29 is 23.4 Å². The minimum Gasteiger partial charge on any atom is -0.465 e. The van der Waals surface area contributed by atoms with Crippen molar-refractivity contribution in [1.29, 1.82) is 0 Å². The standard InChI is InChI=1S/C23H23NO6/c1-27-22(26)16-3-2-4-19-20(16)21(25)17-13-15(5-6-18(17)30-19)14-24-9-7-23(8-10-24)28-11-12-29-23/h2-6,13H,7-12,14H2,1H3. The molecule has 5 rings (SSSR count). The summed E-state index contributed by atoms with van der Waals surface area (Å²) in [6.07, 6.45) is 1.69. The number of rotatable bonds is 3. The molecule has 7 nitrogen and oxygen atoms in total. The van der Waals surface area contributed by atoms with Crippen LogP contribution in [-0.4, -0.2) is 50.1 Å². The van der Waals surface area contributed by atoms with E-state index in [0.717, 1.165) is 38.0 Å². The highest BCUT2D eigenvalue weighted by atomic mass is 16.7. The monoisotopic (exact) mass is 409 g/mol. The molecule has 3 aromatic rings. The molecule has 0 bridgehead atoms. The quantitative estimate of drug-likeness (QED) is 0.486. The third-order valence-corrected chi connectivity index (χ3v) is 6.00. The van der Waals surface area contributed by atoms with Gasteiger partial charge >= 0.3 is 5.97 Å².